The van der Waals surface area contributed by atoms with Crippen molar-refractivity contribution >= 4 is 11.4 Å². The number of allylic oxidation sites excluding steroid dienone is 2. The maximum Gasteiger partial charge on any atom is 0.303 e. The van der Waals surface area contributed by atoms with Crippen LogP contribution in [0.2, 0.25) is 0 Å². The zero-order valence-corrected chi connectivity index (χ0v) is 28.4. The summed E-state index contributed by atoms with van der Waals surface area (Å²) in [5.41, 5.74) is 18.6. The molecular formula is C41H62N2. The van der Waals surface area contributed by atoms with E-state index in [1.54, 1.807) is 0 Å². The van der Waals surface area contributed by atoms with Crippen LogP contribution in [-0.4, -0.2) is 10.7 Å². The number of rotatable bonds is 24. The molecule has 0 saturated carbocycles. The Morgan fingerprint density at radius 2 is 1.12 bits per heavy atom. The fourth-order valence-corrected chi connectivity index (χ4v) is 6.24. The second-order valence-electron chi connectivity index (χ2n) is 12.5. The van der Waals surface area contributed by atoms with E-state index >= 15 is 0 Å². The molecule has 43 heavy (non-hydrogen) atoms. The SMILES string of the molecule is CCCCCCCCCCc1ccc(C(=C(CC)C(=C=[N+]=[N-])CCCCCCCC)c2cccc(CCCCC)c2)cc1. The third-order valence-corrected chi connectivity index (χ3v) is 8.83. The van der Waals surface area contributed by atoms with Crippen LogP contribution < -0.4 is 0 Å². The monoisotopic (exact) mass is 582 g/mol. The molecule has 0 aliphatic rings. The molecule has 0 amide bonds. The zero-order chi connectivity index (χ0) is 31.0. The second kappa shape index (κ2) is 23.8. The average molecular weight is 583 g/mol. The Kier molecular flexibility index (Phi) is 20.2. The van der Waals surface area contributed by atoms with E-state index in [1.807, 2.05) is 0 Å². The van der Waals surface area contributed by atoms with E-state index in [0.29, 0.717) is 0 Å². The molecule has 0 aliphatic carbocycles. The number of aryl methyl sites for hydroxylation is 2. The molecule has 0 radical (unpaired) electrons. The Morgan fingerprint density at radius 1 is 0.581 bits per heavy atom. The molecule has 0 saturated heterocycles. The van der Waals surface area contributed by atoms with Gasteiger partial charge in [-0.05, 0) is 78.3 Å². The van der Waals surface area contributed by atoms with Crippen molar-refractivity contribution in [1.82, 2.24) is 0 Å². The van der Waals surface area contributed by atoms with Crippen molar-refractivity contribution in [3.05, 3.63) is 87.5 Å². The molecule has 0 fully saturated rings. The van der Waals surface area contributed by atoms with Gasteiger partial charge in [0.15, 0.2) is 0 Å². The number of benzene rings is 2. The molecule has 0 unspecified atom stereocenters. The fraction of sp³-hybridized carbons (Fsp3) is 0.610. The number of hydrogen-bond acceptors (Lipinski definition) is 0. The minimum atomic E-state index is 0.878. The van der Waals surface area contributed by atoms with Crippen LogP contribution in [0.25, 0.3) is 11.1 Å². The van der Waals surface area contributed by atoms with E-state index in [2.05, 4.69) is 86.9 Å². The third kappa shape index (κ3) is 14.6. The molecule has 0 aliphatic heterocycles. The van der Waals surface area contributed by atoms with Crippen molar-refractivity contribution in [3.8, 4) is 0 Å². The largest absolute Gasteiger partial charge is 0.348 e. The Labute approximate surface area is 265 Å². The van der Waals surface area contributed by atoms with Gasteiger partial charge in [0.05, 0.1) is 5.57 Å². The summed E-state index contributed by atoms with van der Waals surface area (Å²) in [6, 6.07) is 18.5. The van der Waals surface area contributed by atoms with Crippen LogP contribution in [0.1, 0.15) is 172 Å². The molecule has 2 aromatic carbocycles. The van der Waals surface area contributed by atoms with Gasteiger partial charge in [-0.15, -0.1) is 4.79 Å². The van der Waals surface area contributed by atoms with Crippen molar-refractivity contribution in [2.24, 2.45) is 0 Å². The molecule has 0 aromatic heterocycles. The summed E-state index contributed by atoms with van der Waals surface area (Å²) in [5.74, 6) is 3.02. The van der Waals surface area contributed by atoms with E-state index < -0.39 is 0 Å². The Hall–Kier alpha value is -2.66. The molecule has 2 aromatic rings. The van der Waals surface area contributed by atoms with Gasteiger partial charge in [-0.3, -0.25) is 0 Å². The normalized spacial score (nSPS) is 11.6. The first-order chi connectivity index (χ1) is 21.2. The lowest BCUT2D eigenvalue weighted by Gasteiger charge is -2.17. The predicted octanol–water partition coefficient (Wildman–Crippen LogP) is 12.9. The Morgan fingerprint density at radius 3 is 1.72 bits per heavy atom. The molecule has 2 heteroatoms. The van der Waals surface area contributed by atoms with Crippen LogP contribution in [0, 0.1) is 0 Å². The van der Waals surface area contributed by atoms with Crippen LogP contribution in [0.5, 0.6) is 0 Å². The second-order valence-corrected chi connectivity index (χ2v) is 12.5. The van der Waals surface area contributed by atoms with E-state index in [-0.39, 0.29) is 0 Å². The highest BCUT2D eigenvalue weighted by Gasteiger charge is 2.17. The zero-order valence-electron chi connectivity index (χ0n) is 28.4. The first kappa shape index (κ1) is 36.5. The summed E-state index contributed by atoms with van der Waals surface area (Å²) in [6.45, 7) is 9.05. The lowest BCUT2D eigenvalue weighted by Crippen LogP contribution is -2.01. The average Bonchev–Trinajstić information content (AvgIpc) is 3.03. The van der Waals surface area contributed by atoms with Gasteiger partial charge in [-0.1, -0.05) is 166 Å². The first-order valence-electron chi connectivity index (χ1n) is 18.1. The van der Waals surface area contributed by atoms with E-state index in [4.69, 9.17) is 0 Å². The predicted molar refractivity (Wildman–Crippen MR) is 189 cm³/mol. The maximum atomic E-state index is 9.62. The molecule has 0 atom stereocenters. The van der Waals surface area contributed by atoms with Crippen LogP contribution in [0.4, 0.5) is 0 Å². The standard InChI is InChI=1S/C41H62N2/c1-5-9-12-14-16-17-18-21-24-35-29-31-37(32-30-35)41(38-28-23-26-36(33-38)25-20-11-7-3)40(8-4)39(34-43-42)27-22-19-15-13-10-6-2/h23,26,28-33H,5-22,24-25,27H2,1-4H3. The van der Waals surface area contributed by atoms with E-state index in [1.165, 1.54) is 136 Å². The minimum absolute atomic E-state index is 0.878. The molecule has 2 nitrogen and oxygen atoms in total. The summed E-state index contributed by atoms with van der Waals surface area (Å²) < 4.78 is 0. The van der Waals surface area contributed by atoms with Gasteiger partial charge < -0.3 is 5.53 Å². The Bertz CT molecular complexity index is 1130. The molecule has 0 bridgehead atoms. The smallest absolute Gasteiger partial charge is 0.303 e. The third-order valence-electron chi connectivity index (χ3n) is 8.83. The van der Waals surface area contributed by atoms with Crippen molar-refractivity contribution in [2.75, 3.05) is 0 Å². The van der Waals surface area contributed by atoms with Gasteiger partial charge in [-0.25, -0.2) is 0 Å². The minimum Gasteiger partial charge on any atom is -0.348 e. The summed E-state index contributed by atoms with van der Waals surface area (Å²) >= 11 is 0. The molecule has 2 rings (SSSR count). The topological polar surface area (TPSA) is 36.4 Å². The number of hydrogen-bond donors (Lipinski definition) is 0. The van der Waals surface area contributed by atoms with Crippen LogP contribution in [-0.2, 0) is 12.8 Å². The summed E-state index contributed by atoms with van der Waals surface area (Å²) in [4.78, 5) is 3.43. The molecule has 0 spiro atoms. The lowest BCUT2D eigenvalue weighted by atomic mass is 9.85. The van der Waals surface area contributed by atoms with Crippen molar-refractivity contribution in [1.29, 1.82) is 0 Å². The van der Waals surface area contributed by atoms with Gasteiger partial charge in [0.25, 0.3) is 0 Å². The maximum absolute atomic E-state index is 9.62. The van der Waals surface area contributed by atoms with Gasteiger partial charge in [0, 0.05) is 0 Å². The quantitative estimate of drug-likeness (QED) is 0.0388. The summed E-state index contributed by atoms with van der Waals surface area (Å²) in [7, 11) is 0. The van der Waals surface area contributed by atoms with Crippen molar-refractivity contribution in [2.45, 2.75) is 163 Å². The number of nitrogens with zero attached hydrogens (tertiary/aromatic N) is 2. The molecular weight excluding hydrogens is 520 g/mol. The highest BCUT2D eigenvalue weighted by molar-refractivity contribution is 5.87. The van der Waals surface area contributed by atoms with Crippen molar-refractivity contribution in [3.63, 3.8) is 0 Å². The van der Waals surface area contributed by atoms with Gasteiger partial charge in [0.1, 0.15) is 0 Å². The van der Waals surface area contributed by atoms with Crippen molar-refractivity contribution < 1.29 is 4.79 Å². The highest BCUT2D eigenvalue weighted by Crippen LogP contribution is 2.34. The lowest BCUT2D eigenvalue weighted by molar-refractivity contribution is 0.00739. The van der Waals surface area contributed by atoms with Gasteiger partial charge >= 0.3 is 5.87 Å². The molecule has 236 valence electrons. The number of unbranched alkanes of at least 4 members (excludes halogenated alkanes) is 14. The molecule has 0 heterocycles. The van der Waals surface area contributed by atoms with Crippen LogP contribution in [0.15, 0.2) is 59.7 Å². The summed E-state index contributed by atoms with van der Waals surface area (Å²) in [6.07, 6.45) is 26.1. The van der Waals surface area contributed by atoms with Crippen LogP contribution in [0.3, 0.4) is 0 Å². The van der Waals surface area contributed by atoms with E-state index in [0.717, 1.165) is 37.7 Å². The molecule has 0 N–H and O–H groups in total. The highest BCUT2D eigenvalue weighted by atomic mass is 14.8. The van der Waals surface area contributed by atoms with Gasteiger partial charge in [0.2, 0.25) is 0 Å². The fourth-order valence-electron chi connectivity index (χ4n) is 6.24. The van der Waals surface area contributed by atoms with Crippen LogP contribution >= 0.6 is 0 Å². The summed E-state index contributed by atoms with van der Waals surface area (Å²) in [5, 5.41) is 0. The Balaban J connectivity index is 2.31. The van der Waals surface area contributed by atoms with Gasteiger partial charge in [-0.2, -0.15) is 0 Å². The van der Waals surface area contributed by atoms with E-state index in [9.17, 15) is 5.53 Å². The first-order valence-corrected chi connectivity index (χ1v) is 18.1.